The predicted molar refractivity (Wildman–Crippen MR) is 66.8 cm³/mol. The standard InChI is InChI=1S/C14H9NO3/c15-8-11(14(17)18)6-9-5-10-3-1-2-4-12(10)13(16)7-9/h1-7,16H,(H,17,18). The van der Waals surface area contributed by atoms with Crippen LogP contribution < -0.4 is 0 Å². The molecule has 2 N–H and O–H groups in total. The van der Waals surface area contributed by atoms with E-state index in [4.69, 9.17) is 10.4 Å². The zero-order chi connectivity index (χ0) is 13.1. The zero-order valence-corrected chi connectivity index (χ0v) is 9.29. The molecule has 0 spiro atoms. The van der Waals surface area contributed by atoms with Crippen LogP contribution in [0, 0.1) is 11.3 Å². The molecule has 0 saturated heterocycles. The maximum atomic E-state index is 10.7. The third-order valence-electron chi connectivity index (χ3n) is 2.52. The second-order valence-electron chi connectivity index (χ2n) is 3.74. The molecule has 0 fully saturated rings. The number of carboxylic acid groups (broad SMARTS) is 1. The number of hydrogen-bond acceptors (Lipinski definition) is 3. The third-order valence-corrected chi connectivity index (χ3v) is 2.52. The molecule has 0 atom stereocenters. The molecular formula is C14H9NO3. The van der Waals surface area contributed by atoms with Crippen molar-refractivity contribution in [1.82, 2.24) is 0 Å². The summed E-state index contributed by atoms with van der Waals surface area (Å²) in [7, 11) is 0. The summed E-state index contributed by atoms with van der Waals surface area (Å²) in [5.41, 5.74) is 0.106. The number of nitriles is 1. The van der Waals surface area contributed by atoms with Crippen LogP contribution in [-0.4, -0.2) is 16.2 Å². The third kappa shape index (κ3) is 2.15. The second-order valence-corrected chi connectivity index (χ2v) is 3.74. The number of fused-ring (bicyclic) bond motifs is 1. The van der Waals surface area contributed by atoms with Crippen molar-refractivity contribution in [2.24, 2.45) is 0 Å². The van der Waals surface area contributed by atoms with E-state index in [1.165, 1.54) is 12.1 Å². The minimum atomic E-state index is -1.29. The summed E-state index contributed by atoms with van der Waals surface area (Å²) in [6, 6.07) is 11.9. The molecule has 0 aromatic heterocycles. The number of phenolic OH excluding ortho intramolecular Hbond substituents is 1. The van der Waals surface area contributed by atoms with Crippen LogP contribution in [-0.2, 0) is 4.79 Å². The highest BCUT2D eigenvalue weighted by Gasteiger charge is 2.07. The van der Waals surface area contributed by atoms with Gasteiger partial charge in [0.1, 0.15) is 17.4 Å². The van der Waals surface area contributed by atoms with Crippen molar-refractivity contribution in [2.75, 3.05) is 0 Å². The Balaban J connectivity index is 2.61. The van der Waals surface area contributed by atoms with E-state index in [-0.39, 0.29) is 11.3 Å². The van der Waals surface area contributed by atoms with Crippen molar-refractivity contribution < 1.29 is 15.0 Å². The molecule has 4 nitrogen and oxygen atoms in total. The number of rotatable bonds is 2. The van der Waals surface area contributed by atoms with Crippen LogP contribution in [0.5, 0.6) is 5.75 Å². The summed E-state index contributed by atoms with van der Waals surface area (Å²) < 4.78 is 0. The summed E-state index contributed by atoms with van der Waals surface area (Å²) in [4.78, 5) is 10.7. The van der Waals surface area contributed by atoms with E-state index in [0.29, 0.717) is 10.9 Å². The van der Waals surface area contributed by atoms with Crippen molar-refractivity contribution in [2.45, 2.75) is 0 Å². The van der Waals surface area contributed by atoms with Crippen LogP contribution in [0.4, 0.5) is 0 Å². The first kappa shape index (κ1) is 11.7. The summed E-state index contributed by atoms with van der Waals surface area (Å²) in [6.45, 7) is 0. The number of carboxylic acids is 1. The van der Waals surface area contributed by atoms with Crippen LogP contribution >= 0.6 is 0 Å². The number of nitrogens with zero attached hydrogens (tertiary/aromatic N) is 1. The summed E-state index contributed by atoms with van der Waals surface area (Å²) in [5, 5.41) is 28.7. The molecule has 18 heavy (non-hydrogen) atoms. The van der Waals surface area contributed by atoms with Crippen molar-refractivity contribution in [3.63, 3.8) is 0 Å². The van der Waals surface area contributed by atoms with E-state index in [1.54, 1.807) is 30.3 Å². The summed E-state index contributed by atoms with van der Waals surface area (Å²) in [5.74, 6) is -1.23. The lowest BCUT2D eigenvalue weighted by Gasteiger charge is -2.03. The largest absolute Gasteiger partial charge is 0.507 e. The van der Waals surface area contributed by atoms with E-state index >= 15 is 0 Å². The maximum absolute atomic E-state index is 10.7. The molecule has 0 radical (unpaired) electrons. The van der Waals surface area contributed by atoms with Crippen molar-refractivity contribution >= 4 is 22.8 Å². The monoisotopic (exact) mass is 239 g/mol. The number of aromatic hydroxyl groups is 1. The highest BCUT2D eigenvalue weighted by atomic mass is 16.4. The van der Waals surface area contributed by atoms with Gasteiger partial charge in [0.05, 0.1) is 0 Å². The van der Waals surface area contributed by atoms with Crippen molar-refractivity contribution in [1.29, 1.82) is 5.26 Å². The number of aliphatic carboxylic acids is 1. The van der Waals surface area contributed by atoms with Gasteiger partial charge in [-0.2, -0.15) is 5.26 Å². The Morgan fingerprint density at radius 3 is 2.67 bits per heavy atom. The van der Waals surface area contributed by atoms with Crippen LogP contribution in [0.1, 0.15) is 5.56 Å². The van der Waals surface area contributed by atoms with Gasteiger partial charge in [-0.25, -0.2) is 4.79 Å². The Bertz CT molecular complexity index is 696. The normalized spacial score (nSPS) is 11.2. The Morgan fingerprint density at radius 1 is 1.28 bits per heavy atom. The SMILES string of the molecule is N#CC(=Cc1cc(O)c2ccccc2c1)C(=O)O. The first-order valence-electron chi connectivity index (χ1n) is 5.18. The molecular weight excluding hydrogens is 230 g/mol. The van der Waals surface area contributed by atoms with Crippen LogP contribution in [0.25, 0.3) is 16.8 Å². The lowest BCUT2D eigenvalue weighted by Crippen LogP contribution is -1.97. The number of phenols is 1. The number of carbonyl (C=O) groups is 1. The molecule has 2 aromatic rings. The molecule has 0 aliphatic carbocycles. The lowest BCUT2D eigenvalue weighted by atomic mass is 10.0. The minimum absolute atomic E-state index is 0.0574. The molecule has 0 unspecified atom stereocenters. The highest BCUT2D eigenvalue weighted by Crippen LogP contribution is 2.27. The van der Waals surface area contributed by atoms with Gasteiger partial charge in [0.25, 0.3) is 0 Å². The van der Waals surface area contributed by atoms with E-state index in [1.807, 2.05) is 6.07 Å². The smallest absolute Gasteiger partial charge is 0.346 e. The molecule has 0 heterocycles. The van der Waals surface area contributed by atoms with Gasteiger partial charge in [-0.1, -0.05) is 24.3 Å². The fourth-order valence-corrected chi connectivity index (χ4v) is 1.70. The first-order chi connectivity index (χ1) is 8.61. The van der Waals surface area contributed by atoms with E-state index in [9.17, 15) is 9.90 Å². The Kier molecular flexibility index (Phi) is 2.98. The zero-order valence-electron chi connectivity index (χ0n) is 9.29. The van der Waals surface area contributed by atoms with E-state index < -0.39 is 5.97 Å². The Labute approximate surface area is 103 Å². The fourth-order valence-electron chi connectivity index (χ4n) is 1.70. The van der Waals surface area contributed by atoms with Crippen LogP contribution in [0.15, 0.2) is 42.0 Å². The van der Waals surface area contributed by atoms with Gasteiger partial charge in [-0.15, -0.1) is 0 Å². The molecule has 0 aliphatic heterocycles. The molecule has 0 bridgehead atoms. The summed E-state index contributed by atoms with van der Waals surface area (Å²) in [6.07, 6.45) is 1.23. The molecule has 2 rings (SSSR count). The summed E-state index contributed by atoms with van der Waals surface area (Å²) >= 11 is 0. The highest BCUT2D eigenvalue weighted by molar-refractivity contribution is 5.98. The van der Waals surface area contributed by atoms with Crippen molar-refractivity contribution in [3.05, 3.63) is 47.5 Å². The molecule has 0 saturated carbocycles. The van der Waals surface area contributed by atoms with Gasteiger partial charge in [0.15, 0.2) is 0 Å². The topological polar surface area (TPSA) is 81.3 Å². The molecule has 88 valence electrons. The van der Waals surface area contributed by atoms with E-state index in [0.717, 1.165) is 5.39 Å². The average Bonchev–Trinajstić information content (AvgIpc) is 2.35. The molecule has 0 amide bonds. The number of benzene rings is 2. The van der Waals surface area contributed by atoms with Gasteiger partial charge < -0.3 is 10.2 Å². The molecule has 0 aliphatic rings. The predicted octanol–water partition coefficient (Wildman–Crippen LogP) is 2.54. The minimum Gasteiger partial charge on any atom is -0.507 e. The molecule has 2 aromatic carbocycles. The van der Waals surface area contributed by atoms with Gasteiger partial charge in [0.2, 0.25) is 0 Å². The van der Waals surface area contributed by atoms with Crippen molar-refractivity contribution in [3.8, 4) is 11.8 Å². The Morgan fingerprint density at radius 2 is 2.00 bits per heavy atom. The quantitative estimate of drug-likeness (QED) is 0.623. The van der Waals surface area contributed by atoms with Crippen LogP contribution in [0.2, 0.25) is 0 Å². The fraction of sp³-hybridized carbons (Fsp3) is 0. The first-order valence-corrected chi connectivity index (χ1v) is 5.18. The van der Waals surface area contributed by atoms with Gasteiger partial charge in [-0.3, -0.25) is 0 Å². The van der Waals surface area contributed by atoms with Gasteiger partial charge in [0, 0.05) is 5.39 Å². The second kappa shape index (κ2) is 4.60. The van der Waals surface area contributed by atoms with Gasteiger partial charge >= 0.3 is 5.97 Å². The lowest BCUT2D eigenvalue weighted by molar-refractivity contribution is -0.132. The Hall–Kier alpha value is -2.80. The average molecular weight is 239 g/mol. The van der Waals surface area contributed by atoms with Crippen LogP contribution in [0.3, 0.4) is 0 Å². The van der Waals surface area contributed by atoms with E-state index in [2.05, 4.69) is 0 Å². The molecule has 4 heteroatoms. The number of hydrogen-bond donors (Lipinski definition) is 2. The maximum Gasteiger partial charge on any atom is 0.346 e. The van der Waals surface area contributed by atoms with Gasteiger partial charge in [-0.05, 0) is 29.2 Å².